The summed E-state index contributed by atoms with van der Waals surface area (Å²) < 4.78 is 0.733. The number of amides is 1. The number of hydrogen-bond donors (Lipinski definition) is 4. The van der Waals surface area contributed by atoms with E-state index >= 15 is 0 Å². The molecule has 0 unspecified atom stereocenters. The summed E-state index contributed by atoms with van der Waals surface area (Å²) in [5, 5.41) is 23.0. The topological polar surface area (TPSA) is 132 Å². The first-order valence-corrected chi connectivity index (χ1v) is 10.9. The van der Waals surface area contributed by atoms with Gasteiger partial charge < -0.3 is 20.5 Å². The average Bonchev–Trinajstić information content (AvgIpc) is 2.85. The Morgan fingerprint density at radius 1 is 0.971 bits per heavy atom. The number of aromatic amines is 1. The van der Waals surface area contributed by atoms with Gasteiger partial charge in [0.05, 0.1) is 17.6 Å². The summed E-state index contributed by atoms with van der Waals surface area (Å²) >= 11 is 3.30. The highest BCUT2D eigenvalue weighted by Gasteiger charge is 2.29. The third-order valence-electron chi connectivity index (χ3n) is 5.06. The fraction of sp³-hybridized carbons (Fsp3) is 0.0400. The Balaban J connectivity index is 1.86. The van der Waals surface area contributed by atoms with E-state index in [0.717, 1.165) is 4.47 Å². The number of nitrogens with one attached hydrogen (secondary N) is 2. The highest BCUT2D eigenvalue weighted by atomic mass is 79.9. The number of fused-ring (bicyclic) bond motifs is 1. The molecule has 34 heavy (non-hydrogen) atoms. The summed E-state index contributed by atoms with van der Waals surface area (Å²) in [7, 11) is 0. The minimum absolute atomic E-state index is 0.212. The summed E-state index contributed by atoms with van der Waals surface area (Å²) in [6, 6.07) is 19.5. The normalized spacial score (nSPS) is 11.7. The van der Waals surface area contributed by atoms with Gasteiger partial charge >= 0.3 is 0 Å². The van der Waals surface area contributed by atoms with Crippen molar-refractivity contribution in [2.24, 2.45) is 0 Å². The Morgan fingerprint density at radius 2 is 1.65 bits per heavy atom. The number of nitrogens with zero attached hydrogens (tertiary/aromatic N) is 1. The lowest BCUT2D eigenvalue weighted by Gasteiger charge is -2.12. The molecule has 0 saturated heterocycles. The largest absolute Gasteiger partial charge is 0.506 e. The first kappa shape index (κ1) is 23.1. The first-order valence-electron chi connectivity index (χ1n) is 10.1. The standard InChI is InChI=1S/C25H18BrN3O5/c26-16-11-9-14(10-12-16)22(31)20(21-24(33)29-19-8-4-3-7-18(19)27-21)23(32)25(34)28-17-6-2-1-5-15(17)13-30/h1-12,30-31H,13H2,(H,28,34)(H,29,33)/b22-20+. The average molecular weight is 520 g/mol. The third kappa shape index (κ3) is 4.66. The van der Waals surface area contributed by atoms with Crippen LogP contribution in [0.1, 0.15) is 16.8 Å². The lowest BCUT2D eigenvalue weighted by Crippen LogP contribution is -2.28. The second-order valence-corrected chi connectivity index (χ2v) is 8.18. The van der Waals surface area contributed by atoms with Crippen LogP contribution in [0.5, 0.6) is 0 Å². The zero-order valence-corrected chi connectivity index (χ0v) is 19.2. The molecule has 4 N–H and O–H groups in total. The fourth-order valence-electron chi connectivity index (χ4n) is 3.35. The lowest BCUT2D eigenvalue weighted by molar-refractivity contribution is -0.131. The van der Waals surface area contributed by atoms with Crippen molar-refractivity contribution in [3.05, 3.63) is 104 Å². The molecule has 170 valence electrons. The van der Waals surface area contributed by atoms with Gasteiger partial charge in [-0.05, 0) is 30.3 Å². The van der Waals surface area contributed by atoms with Crippen LogP contribution < -0.4 is 10.9 Å². The predicted molar refractivity (Wildman–Crippen MR) is 132 cm³/mol. The number of rotatable bonds is 6. The molecule has 8 nitrogen and oxygen atoms in total. The van der Waals surface area contributed by atoms with E-state index in [9.17, 15) is 24.6 Å². The fourth-order valence-corrected chi connectivity index (χ4v) is 3.62. The number of halogens is 1. The van der Waals surface area contributed by atoms with Gasteiger partial charge in [0, 0.05) is 21.3 Å². The van der Waals surface area contributed by atoms with Gasteiger partial charge in [0.15, 0.2) is 0 Å². The molecule has 0 fully saturated rings. The van der Waals surface area contributed by atoms with Crippen LogP contribution in [0.15, 0.2) is 82.1 Å². The SMILES string of the molecule is O=C(Nc1ccccc1CO)C(=O)/C(=C(/O)c1ccc(Br)cc1)c1nc2ccccc2[nH]c1=O. The van der Waals surface area contributed by atoms with Gasteiger partial charge in [-0.2, -0.15) is 0 Å². The van der Waals surface area contributed by atoms with Crippen LogP contribution in [-0.4, -0.2) is 31.9 Å². The molecule has 0 saturated carbocycles. The van der Waals surface area contributed by atoms with Crippen molar-refractivity contribution in [1.29, 1.82) is 0 Å². The van der Waals surface area contributed by atoms with E-state index in [0.29, 0.717) is 16.6 Å². The van der Waals surface area contributed by atoms with Gasteiger partial charge in [0.25, 0.3) is 17.2 Å². The van der Waals surface area contributed by atoms with Crippen LogP contribution >= 0.6 is 15.9 Å². The van der Waals surface area contributed by atoms with Crippen molar-refractivity contribution in [2.45, 2.75) is 6.61 Å². The number of aliphatic hydroxyl groups is 2. The Bertz CT molecular complexity index is 1490. The number of aromatic nitrogens is 2. The van der Waals surface area contributed by atoms with Gasteiger partial charge in [-0.15, -0.1) is 0 Å². The number of carbonyl (C=O) groups is 2. The van der Waals surface area contributed by atoms with Gasteiger partial charge in [0.2, 0.25) is 0 Å². The highest BCUT2D eigenvalue weighted by molar-refractivity contribution is 9.10. The zero-order chi connectivity index (χ0) is 24.2. The van der Waals surface area contributed by atoms with Crippen LogP contribution in [0.25, 0.3) is 22.4 Å². The molecule has 0 radical (unpaired) electrons. The van der Waals surface area contributed by atoms with E-state index in [4.69, 9.17) is 0 Å². The molecule has 0 bridgehead atoms. The van der Waals surface area contributed by atoms with Crippen molar-refractivity contribution in [3.63, 3.8) is 0 Å². The van der Waals surface area contributed by atoms with E-state index in [1.165, 1.54) is 18.2 Å². The van der Waals surface area contributed by atoms with E-state index in [1.807, 2.05) is 0 Å². The molecule has 1 heterocycles. The Labute approximate surface area is 201 Å². The second kappa shape index (κ2) is 9.82. The molecule has 0 spiro atoms. The molecule has 3 aromatic carbocycles. The van der Waals surface area contributed by atoms with Crippen LogP contribution in [0.2, 0.25) is 0 Å². The summed E-state index contributed by atoms with van der Waals surface area (Å²) in [6.45, 7) is -0.358. The van der Waals surface area contributed by atoms with Crippen LogP contribution in [0.3, 0.4) is 0 Å². The molecule has 9 heteroatoms. The monoisotopic (exact) mass is 519 g/mol. The minimum atomic E-state index is -1.17. The lowest BCUT2D eigenvalue weighted by atomic mass is 10.0. The van der Waals surface area contributed by atoms with E-state index in [1.54, 1.807) is 54.6 Å². The van der Waals surface area contributed by atoms with E-state index < -0.39 is 34.3 Å². The highest BCUT2D eigenvalue weighted by Crippen LogP contribution is 2.26. The summed E-state index contributed by atoms with van der Waals surface area (Å²) in [5.74, 6) is -2.84. The third-order valence-corrected chi connectivity index (χ3v) is 5.59. The Hall–Kier alpha value is -4.08. The van der Waals surface area contributed by atoms with Crippen molar-refractivity contribution in [2.75, 3.05) is 5.32 Å². The van der Waals surface area contributed by atoms with Gasteiger partial charge in [-0.3, -0.25) is 14.4 Å². The molecular formula is C25H18BrN3O5. The molecule has 4 aromatic rings. The zero-order valence-electron chi connectivity index (χ0n) is 17.6. The molecule has 1 aromatic heterocycles. The van der Waals surface area contributed by atoms with Crippen molar-refractivity contribution < 1.29 is 19.8 Å². The number of hydrogen-bond acceptors (Lipinski definition) is 6. The van der Waals surface area contributed by atoms with Crippen LogP contribution in [-0.2, 0) is 16.2 Å². The summed E-state index contributed by atoms with van der Waals surface area (Å²) in [4.78, 5) is 46.0. The molecule has 0 atom stereocenters. The molecule has 4 rings (SSSR count). The number of aliphatic hydroxyl groups excluding tert-OH is 2. The van der Waals surface area contributed by atoms with Gasteiger partial charge in [-0.25, -0.2) is 4.98 Å². The van der Waals surface area contributed by atoms with Crippen molar-refractivity contribution in [1.82, 2.24) is 9.97 Å². The minimum Gasteiger partial charge on any atom is -0.506 e. The first-order chi connectivity index (χ1) is 16.4. The number of Topliss-reactive ketones (excluding diaryl/α,β-unsaturated/α-hetero) is 1. The smallest absolute Gasteiger partial charge is 0.297 e. The van der Waals surface area contributed by atoms with Crippen LogP contribution in [0.4, 0.5) is 5.69 Å². The number of para-hydroxylation sites is 3. The molecule has 0 aliphatic heterocycles. The quantitative estimate of drug-likeness (QED) is 0.174. The maximum absolute atomic E-state index is 13.3. The molecular weight excluding hydrogens is 502 g/mol. The Kier molecular flexibility index (Phi) is 6.67. The maximum atomic E-state index is 13.3. The number of carbonyl (C=O) groups excluding carboxylic acids is 2. The summed E-state index contributed by atoms with van der Waals surface area (Å²) in [5.41, 5.74) is -0.0366. The number of anilines is 1. The molecule has 0 aliphatic rings. The second-order valence-electron chi connectivity index (χ2n) is 7.26. The summed E-state index contributed by atoms with van der Waals surface area (Å²) in [6.07, 6.45) is 0. The Morgan fingerprint density at radius 3 is 2.38 bits per heavy atom. The van der Waals surface area contributed by atoms with Gasteiger partial charge in [0.1, 0.15) is 17.0 Å². The molecule has 0 aliphatic carbocycles. The van der Waals surface area contributed by atoms with E-state index in [2.05, 4.69) is 31.2 Å². The van der Waals surface area contributed by atoms with Crippen molar-refractivity contribution in [3.8, 4) is 0 Å². The number of ketones is 1. The van der Waals surface area contributed by atoms with Gasteiger partial charge in [-0.1, -0.05) is 58.4 Å². The van der Waals surface area contributed by atoms with Crippen LogP contribution in [0, 0.1) is 0 Å². The molecule has 1 amide bonds. The predicted octanol–water partition coefficient (Wildman–Crippen LogP) is 3.81. The maximum Gasteiger partial charge on any atom is 0.297 e. The van der Waals surface area contributed by atoms with E-state index in [-0.39, 0.29) is 17.9 Å². The number of H-pyrrole nitrogens is 1. The van der Waals surface area contributed by atoms with Crippen molar-refractivity contribution >= 4 is 55.7 Å². The number of benzene rings is 3.